The van der Waals surface area contributed by atoms with Crippen LogP contribution in [0.5, 0.6) is 0 Å². The highest BCUT2D eigenvalue weighted by molar-refractivity contribution is 8.00. The highest BCUT2D eigenvalue weighted by Crippen LogP contribution is 2.43. The fourth-order valence-corrected chi connectivity index (χ4v) is 5.29. The molecule has 1 saturated heterocycles. The van der Waals surface area contributed by atoms with Crippen molar-refractivity contribution < 1.29 is 4.79 Å². The lowest BCUT2D eigenvalue weighted by atomic mass is 10.2. The molecule has 1 aliphatic heterocycles. The van der Waals surface area contributed by atoms with Gasteiger partial charge in [-0.1, -0.05) is 53.5 Å². The summed E-state index contributed by atoms with van der Waals surface area (Å²) in [4.78, 5) is 18.9. The van der Waals surface area contributed by atoms with Crippen LogP contribution in [0.1, 0.15) is 10.9 Å². The topological polar surface area (TPSA) is 33.2 Å². The number of halogens is 2. The fourth-order valence-electron chi connectivity index (χ4n) is 2.69. The second-order valence-corrected chi connectivity index (χ2v) is 8.23. The van der Waals surface area contributed by atoms with E-state index in [1.54, 1.807) is 28.8 Å². The average molecular weight is 407 g/mol. The molecule has 1 aromatic heterocycles. The SMILES string of the molecule is O=C1CS[C@@H](c2ccccc2)N1c1nc(-c2ccc(Cl)cc2Cl)cs1. The van der Waals surface area contributed by atoms with Crippen molar-refractivity contribution in [2.45, 2.75) is 5.37 Å². The Labute approximate surface area is 163 Å². The molecule has 0 N–H and O–H groups in total. The zero-order chi connectivity index (χ0) is 17.4. The number of carbonyl (C=O) groups is 1. The number of rotatable bonds is 3. The smallest absolute Gasteiger partial charge is 0.240 e. The molecule has 3 nitrogen and oxygen atoms in total. The maximum absolute atomic E-state index is 12.4. The van der Waals surface area contributed by atoms with Crippen LogP contribution in [0.15, 0.2) is 53.9 Å². The zero-order valence-corrected chi connectivity index (χ0v) is 16.0. The van der Waals surface area contributed by atoms with Gasteiger partial charge in [0.2, 0.25) is 5.91 Å². The Balaban J connectivity index is 1.69. The van der Waals surface area contributed by atoms with Crippen molar-refractivity contribution in [3.8, 4) is 11.3 Å². The summed E-state index contributed by atoms with van der Waals surface area (Å²) in [6.45, 7) is 0. The highest BCUT2D eigenvalue weighted by atomic mass is 35.5. The van der Waals surface area contributed by atoms with Crippen LogP contribution in [0, 0.1) is 0 Å². The Kier molecular flexibility index (Phi) is 4.73. The lowest BCUT2D eigenvalue weighted by Crippen LogP contribution is -2.27. The Hall–Kier alpha value is -1.53. The van der Waals surface area contributed by atoms with Crippen LogP contribution in [0.25, 0.3) is 11.3 Å². The first kappa shape index (κ1) is 16.9. The number of aromatic nitrogens is 1. The minimum Gasteiger partial charge on any atom is -0.273 e. The summed E-state index contributed by atoms with van der Waals surface area (Å²) in [5.41, 5.74) is 2.65. The number of nitrogens with zero attached hydrogens (tertiary/aromatic N) is 2. The van der Waals surface area contributed by atoms with Crippen molar-refractivity contribution in [1.29, 1.82) is 0 Å². The molecule has 0 aliphatic carbocycles. The Morgan fingerprint density at radius 1 is 1.12 bits per heavy atom. The molecule has 1 fully saturated rings. The van der Waals surface area contributed by atoms with Gasteiger partial charge >= 0.3 is 0 Å². The van der Waals surface area contributed by atoms with E-state index in [1.165, 1.54) is 11.3 Å². The van der Waals surface area contributed by atoms with Gasteiger partial charge in [0.05, 0.1) is 16.5 Å². The average Bonchev–Trinajstić information content (AvgIpc) is 3.22. The van der Waals surface area contributed by atoms with E-state index >= 15 is 0 Å². The molecular formula is C18H12Cl2N2OS2. The third-order valence-corrected chi connectivity index (χ3v) is 6.46. The molecule has 1 atom stereocenters. The second kappa shape index (κ2) is 7.00. The van der Waals surface area contributed by atoms with Gasteiger partial charge in [-0.3, -0.25) is 9.69 Å². The number of anilines is 1. The standard InChI is InChI=1S/C18H12Cl2N2OS2/c19-12-6-7-13(14(20)8-12)15-9-25-18(21-15)22-16(23)10-24-17(22)11-4-2-1-3-5-11/h1-9,17H,10H2/t17-/m0/s1. The lowest BCUT2D eigenvalue weighted by Gasteiger charge is -2.21. The zero-order valence-electron chi connectivity index (χ0n) is 12.9. The number of carbonyl (C=O) groups excluding carboxylic acids is 1. The number of thiazole rings is 1. The Morgan fingerprint density at radius 3 is 2.68 bits per heavy atom. The second-order valence-electron chi connectivity index (χ2n) is 5.48. The lowest BCUT2D eigenvalue weighted by molar-refractivity contribution is -0.115. The van der Waals surface area contributed by atoms with Crippen LogP contribution in [0.4, 0.5) is 5.13 Å². The van der Waals surface area contributed by atoms with Crippen molar-refractivity contribution in [1.82, 2.24) is 4.98 Å². The van der Waals surface area contributed by atoms with Gasteiger partial charge in [-0.2, -0.15) is 0 Å². The first-order valence-corrected chi connectivity index (χ1v) is 10.2. The summed E-state index contributed by atoms with van der Waals surface area (Å²) in [6, 6.07) is 15.3. The van der Waals surface area contributed by atoms with Gasteiger partial charge in [0.15, 0.2) is 5.13 Å². The predicted molar refractivity (Wildman–Crippen MR) is 107 cm³/mol. The number of hydrogen-bond acceptors (Lipinski definition) is 4. The van der Waals surface area contributed by atoms with Crippen molar-refractivity contribution in [3.63, 3.8) is 0 Å². The van der Waals surface area contributed by atoms with Crippen LogP contribution >= 0.6 is 46.3 Å². The molecule has 126 valence electrons. The quantitative estimate of drug-likeness (QED) is 0.542. The summed E-state index contributed by atoms with van der Waals surface area (Å²) in [7, 11) is 0. The van der Waals surface area contributed by atoms with Crippen LogP contribution < -0.4 is 4.90 Å². The minimum atomic E-state index is -0.0478. The summed E-state index contributed by atoms with van der Waals surface area (Å²) in [6.07, 6.45) is 0. The molecule has 2 aromatic carbocycles. The van der Waals surface area contributed by atoms with E-state index in [1.807, 2.05) is 41.8 Å². The molecule has 2 heterocycles. The maximum atomic E-state index is 12.4. The van der Waals surface area contributed by atoms with Crippen molar-refractivity contribution in [3.05, 3.63) is 69.5 Å². The normalized spacial score (nSPS) is 17.3. The molecule has 7 heteroatoms. The van der Waals surface area contributed by atoms with E-state index in [-0.39, 0.29) is 11.3 Å². The van der Waals surface area contributed by atoms with Gasteiger partial charge in [-0.25, -0.2) is 4.98 Å². The first-order valence-electron chi connectivity index (χ1n) is 7.53. The molecule has 4 rings (SSSR count). The Bertz CT molecular complexity index is 930. The molecule has 0 bridgehead atoms. The predicted octanol–water partition coefficient (Wildman–Crippen LogP) is 5.90. The molecule has 1 amide bonds. The summed E-state index contributed by atoms with van der Waals surface area (Å²) in [5, 5.41) is 3.69. The largest absolute Gasteiger partial charge is 0.273 e. The number of hydrogen-bond donors (Lipinski definition) is 0. The monoisotopic (exact) mass is 406 g/mol. The van der Waals surface area contributed by atoms with E-state index in [2.05, 4.69) is 4.98 Å². The van der Waals surface area contributed by atoms with Gasteiger partial charge in [-0.15, -0.1) is 23.1 Å². The van der Waals surface area contributed by atoms with Crippen LogP contribution in [0.2, 0.25) is 10.0 Å². The number of benzene rings is 2. The minimum absolute atomic E-state index is 0.0478. The molecule has 0 saturated carbocycles. The van der Waals surface area contributed by atoms with Crippen molar-refractivity contribution in [2.75, 3.05) is 10.7 Å². The molecule has 0 spiro atoms. The van der Waals surface area contributed by atoms with Crippen molar-refractivity contribution in [2.24, 2.45) is 0 Å². The van der Waals surface area contributed by atoms with Crippen LogP contribution in [-0.2, 0) is 4.79 Å². The molecule has 0 radical (unpaired) electrons. The van der Waals surface area contributed by atoms with Crippen LogP contribution in [0.3, 0.4) is 0 Å². The fraction of sp³-hybridized carbons (Fsp3) is 0.111. The number of thioether (sulfide) groups is 1. The van der Waals surface area contributed by atoms with Gasteiger partial charge in [0.25, 0.3) is 0 Å². The first-order chi connectivity index (χ1) is 12.1. The van der Waals surface area contributed by atoms with E-state index < -0.39 is 0 Å². The van der Waals surface area contributed by atoms with E-state index in [0.717, 1.165) is 16.8 Å². The van der Waals surface area contributed by atoms with E-state index in [9.17, 15) is 4.79 Å². The van der Waals surface area contributed by atoms with Crippen molar-refractivity contribution >= 4 is 57.3 Å². The van der Waals surface area contributed by atoms with E-state index in [0.29, 0.717) is 20.9 Å². The summed E-state index contributed by atoms with van der Waals surface area (Å²) < 4.78 is 0. The van der Waals surface area contributed by atoms with Gasteiger partial charge < -0.3 is 0 Å². The van der Waals surface area contributed by atoms with Gasteiger partial charge in [0.1, 0.15) is 5.37 Å². The van der Waals surface area contributed by atoms with Gasteiger partial charge in [0, 0.05) is 16.0 Å². The maximum Gasteiger partial charge on any atom is 0.240 e. The Morgan fingerprint density at radius 2 is 1.92 bits per heavy atom. The van der Waals surface area contributed by atoms with Crippen LogP contribution in [-0.4, -0.2) is 16.6 Å². The highest BCUT2D eigenvalue weighted by Gasteiger charge is 2.35. The summed E-state index contributed by atoms with van der Waals surface area (Å²) in [5.74, 6) is 0.526. The third kappa shape index (κ3) is 3.29. The van der Waals surface area contributed by atoms with E-state index in [4.69, 9.17) is 23.2 Å². The molecular weight excluding hydrogens is 395 g/mol. The molecule has 3 aromatic rings. The third-order valence-electron chi connectivity index (χ3n) is 3.86. The molecule has 25 heavy (non-hydrogen) atoms. The van der Waals surface area contributed by atoms with Gasteiger partial charge in [-0.05, 0) is 23.8 Å². The number of amides is 1. The molecule has 0 unspecified atom stereocenters. The molecule has 1 aliphatic rings. The summed E-state index contributed by atoms with van der Waals surface area (Å²) >= 11 is 15.3.